The zero-order valence-corrected chi connectivity index (χ0v) is 13.2. The van der Waals surface area contributed by atoms with Crippen LogP contribution < -0.4 is 10.6 Å². The first kappa shape index (κ1) is 14.6. The highest BCUT2D eigenvalue weighted by Gasteiger charge is 2.13. The van der Waals surface area contributed by atoms with Crippen molar-refractivity contribution in [2.45, 2.75) is 13.8 Å². The number of benzene rings is 1. The lowest BCUT2D eigenvalue weighted by molar-refractivity contribution is 0.619. The third-order valence-electron chi connectivity index (χ3n) is 3.45. The fraction of sp³-hybridized carbons (Fsp3) is 0.267. The van der Waals surface area contributed by atoms with Crippen molar-refractivity contribution in [2.24, 2.45) is 0 Å². The second-order valence-electron chi connectivity index (χ2n) is 4.78. The van der Waals surface area contributed by atoms with Gasteiger partial charge in [-0.2, -0.15) is 0 Å². The van der Waals surface area contributed by atoms with Gasteiger partial charge in [0.05, 0.1) is 16.4 Å². The standard InChI is InChI=1S/C15H16FN5S/c1-3-21(4-2)15-19-11-6-5-9(7-12(11)22-15)13-10(16)8-18-14(17)20-13/h5-8H,3-4H2,1-2H3,(H2,17,18,20). The van der Waals surface area contributed by atoms with Gasteiger partial charge in [0, 0.05) is 18.7 Å². The van der Waals surface area contributed by atoms with E-state index >= 15 is 0 Å². The third kappa shape index (κ3) is 2.59. The molecule has 0 aliphatic heterocycles. The number of anilines is 2. The molecule has 0 aliphatic carbocycles. The molecule has 114 valence electrons. The Labute approximate surface area is 131 Å². The average molecular weight is 317 g/mol. The van der Waals surface area contributed by atoms with Gasteiger partial charge in [0.1, 0.15) is 5.69 Å². The first-order chi connectivity index (χ1) is 10.6. The van der Waals surface area contributed by atoms with Crippen molar-refractivity contribution >= 4 is 32.6 Å². The molecule has 0 radical (unpaired) electrons. The van der Waals surface area contributed by atoms with E-state index in [0.29, 0.717) is 5.56 Å². The van der Waals surface area contributed by atoms with E-state index in [-0.39, 0.29) is 11.6 Å². The Kier molecular flexibility index (Phi) is 3.89. The van der Waals surface area contributed by atoms with E-state index in [1.807, 2.05) is 12.1 Å². The van der Waals surface area contributed by atoms with Crippen LogP contribution >= 0.6 is 11.3 Å². The van der Waals surface area contributed by atoms with Crippen LogP contribution in [0.4, 0.5) is 15.5 Å². The number of aromatic nitrogens is 3. The summed E-state index contributed by atoms with van der Waals surface area (Å²) in [5, 5.41) is 0.972. The van der Waals surface area contributed by atoms with Crippen LogP contribution in [-0.2, 0) is 0 Å². The molecule has 0 saturated heterocycles. The lowest BCUT2D eigenvalue weighted by atomic mass is 10.1. The zero-order chi connectivity index (χ0) is 15.7. The number of rotatable bonds is 4. The molecule has 2 aromatic heterocycles. The topological polar surface area (TPSA) is 67.9 Å². The highest BCUT2D eigenvalue weighted by Crippen LogP contribution is 2.32. The molecular formula is C15H16FN5S. The summed E-state index contributed by atoms with van der Waals surface area (Å²) >= 11 is 1.59. The molecule has 0 aliphatic rings. The first-order valence-corrected chi connectivity index (χ1v) is 7.88. The van der Waals surface area contributed by atoms with Gasteiger partial charge in [0.15, 0.2) is 10.9 Å². The highest BCUT2D eigenvalue weighted by atomic mass is 32.1. The SMILES string of the molecule is CCN(CC)c1nc2ccc(-c3nc(N)ncc3F)cc2s1. The van der Waals surface area contributed by atoms with Crippen molar-refractivity contribution in [1.82, 2.24) is 15.0 Å². The number of hydrogen-bond donors (Lipinski definition) is 1. The Bertz CT molecular complexity index is 813. The summed E-state index contributed by atoms with van der Waals surface area (Å²) in [7, 11) is 0. The van der Waals surface area contributed by atoms with Gasteiger partial charge in [-0.3, -0.25) is 0 Å². The normalized spacial score (nSPS) is 11.0. The van der Waals surface area contributed by atoms with Crippen LogP contribution in [0, 0.1) is 5.82 Å². The number of nitrogens with zero attached hydrogens (tertiary/aromatic N) is 4. The molecule has 3 aromatic rings. The lowest BCUT2D eigenvalue weighted by Crippen LogP contribution is -2.21. The number of nitrogens with two attached hydrogens (primary N) is 1. The molecule has 0 atom stereocenters. The van der Waals surface area contributed by atoms with Crippen LogP contribution in [0.2, 0.25) is 0 Å². The summed E-state index contributed by atoms with van der Waals surface area (Å²) in [5.74, 6) is -0.424. The molecule has 0 amide bonds. The minimum atomic E-state index is -0.484. The summed E-state index contributed by atoms with van der Waals surface area (Å²) in [5.41, 5.74) is 7.34. The van der Waals surface area contributed by atoms with Gasteiger partial charge < -0.3 is 10.6 Å². The second kappa shape index (κ2) is 5.84. The van der Waals surface area contributed by atoms with Crippen LogP contribution in [0.15, 0.2) is 24.4 Å². The molecule has 0 bridgehead atoms. The molecule has 2 heterocycles. The molecular weight excluding hydrogens is 301 g/mol. The van der Waals surface area contributed by atoms with Crippen molar-refractivity contribution in [1.29, 1.82) is 0 Å². The number of thiazole rings is 1. The maximum Gasteiger partial charge on any atom is 0.220 e. The van der Waals surface area contributed by atoms with E-state index in [0.717, 1.165) is 34.6 Å². The Morgan fingerprint density at radius 3 is 2.73 bits per heavy atom. The number of nitrogen functional groups attached to an aromatic ring is 1. The van der Waals surface area contributed by atoms with Crippen molar-refractivity contribution in [2.75, 3.05) is 23.7 Å². The van der Waals surface area contributed by atoms with Crippen LogP contribution in [0.25, 0.3) is 21.5 Å². The van der Waals surface area contributed by atoms with Crippen molar-refractivity contribution in [3.05, 3.63) is 30.2 Å². The van der Waals surface area contributed by atoms with E-state index in [4.69, 9.17) is 5.73 Å². The fourth-order valence-electron chi connectivity index (χ4n) is 2.27. The van der Waals surface area contributed by atoms with Crippen molar-refractivity contribution in [3.8, 4) is 11.3 Å². The smallest absolute Gasteiger partial charge is 0.220 e. The van der Waals surface area contributed by atoms with Gasteiger partial charge in [0.25, 0.3) is 0 Å². The molecule has 5 nitrogen and oxygen atoms in total. The zero-order valence-electron chi connectivity index (χ0n) is 12.4. The van der Waals surface area contributed by atoms with Crippen LogP contribution in [-0.4, -0.2) is 28.0 Å². The molecule has 1 aromatic carbocycles. The van der Waals surface area contributed by atoms with Gasteiger partial charge in [-0.05, 0) is 26.0 Å². The Morgan fingerprint density at radius 1 is 1.23 bits per heavy atom. The Morgan fingerprint density at radius 2 is 2.00 bits per heavy atom. The summed E-state index contributed by atoms with van der Waals surface area (Å²) in [6, 6.07) is 5.58. The van der Waals surface area contributed by atoms with Gasteiger partial charge in [-0.1, -0.05) is 17.4 Å². The van der Waals surface area contributed by atoms with Crippen molar-refractivity contribution in [3.63, 3.8) is 0 Å². The van der Waals surface area contributed by atoms with Crippen molar-refractivity contribution < 1.29 is 4.39 Å². The largest absolute Gasteiger partial charge is 0.368 e. The average Bonchev–Trinajstić information content (AvgIpc) is 2.93. The molecule has 3 rings (SSSR count). The predicted octanol–water partition coefficient (Wildman–Crippen LogP) is 3.32. The Hall–Kier alpha value is -2.28. The fourth-order valence-corrected chi connectivity index (χ4v) is 3.40. The maximum absolute atomic E-state index is 13.9. The molecule has 2 N–H and O–H groups in total. The van der Waals surface area contributed by atoms with Gasteiger partial charge in [-0.15, -0.1) is 0 Å². The molecule has 7 heteroatoms. The lowest BCUT2D eigenvalue weighted by Gasteiger charge is -2.16. The number of fused-ring (bicyclic) bond motifs is 1. The second-order valence-corrected chi connectivity index (χ2v) is 5.79. The van der Waals surface area contributed by atoms with Crippen LogP contribution in [0.1, 0.15) is 13.8 Å². The minimum absolute atomic E-state index is 0.0598. The molecule has 0 spiro atoms. The van der Waals surface area contributed by atoms with E-state index in [2.05, 4.69) is 33.7 Å². The monoisotopic (exact) mass is 317 g/mol. The van der Waals surface area contributed by atoms with E-state index in [9.17, 15) is 4.39 Å². The summed E-state index contributed by atoms with van der Waals surface area (Å²) in [6.45, 7) is 6.00. The van der Waals surface area contributed by atoms with Gasteiger partial charge >= 0.3 is 0 Å². The maximum atomic E-state index is 13.9. The Balaban J connectivity index is 2.08. The minimum Gasteiger partial charge on any atom is -0.368 e. The first-order valence-electron chi connectivity index (χ1n) is 7.06. The number of hydrogen-bond acceptors (Lipinski definition) is 6. The van der Waals surface area contributed by atoms with Gasteiger partial charge in [0.2, 0.25) is 5.95 Å². The predicted molar refractivity (Wildman–Crippen MR) is 88.6 cm³/mol. The summed E-state index contributed by atoms with van der Waals surface area (Å²) in [4.78, 5) is 14.5. The van der Waals surface area contributed by atoms with Crippen LogP contribution in [0.3, 0.4) is 0 Å². The van der Waals surface area contributed by atoms with E-state index < -0.39 is 5.82 Å². The number of halogens is 1. The van der Waals surface area contributed by atoms with E-state index in [1.165, 1.54) is 0 Å². The quantitative estimate of drug-likeness (QED) is 0.799. The van der Waals surface area contributed by atoms with Crippen LogP contribution in [0.5, 0.6) is 0 Å². The molecule has 0 unspecified atom stereocenters. The van der Waals surface area contributed by atoms with Gasteiger partial charge in [-0.25, -0.2) is 19.3 Å². The summed E-state index contributed by atoms with van der Waals surface area (Å²) < 4.78 is 14.9. The third-order valence-corrected chi connectivity index (χ3v) is 4.53. The highest BCUT2D eigenvalue weighted by molar-refractivity contribution is 7.22. The summed E-state index contributed by atoms with van der Waals surface area (Å²) in [6.07, 6.45) is 1.09. The molecule has 22 heavy (non-hydrogen) atoms. The van der Waals surface area contributed by atoms with E-state index in [1.54, 1.807) is 17.4 Å². The molecule has 0 saturated carbocycles. The molecule has 0 fully saturated rings.